The Labute approximate surface area is 450 Å². The summed E-state index contributed by atoms with van der Waals surface area (Å²) in [5.41, 5.74) is 8.67. The number of nitrogens with one attached hydrogen (secondary N) is 2. The summed E-state index contributed by atoms with van der Waals surface area (Å²) in [6.45, 7) is 26.2. The van der Waals surface area contributed by atoms with E-state index in [1.807, 2.05) is 88.3 Å². The van der Waals surface area contributed by atoms with Gasteiger partial charge in [-0.3, -0.25) is 49.9 Å². The van der Waals surface area contributed by atoms with E-state index in [1.54, 1.807) is 63.2 Å². The molecule has 0 radical (unpaired) electrons. The first-order valence-corrected chi connectivity index (χ1v) is 25.1. The van der Waals surface area contributed by atoms with Gasteiger partial charge in [0.2, 0.25) is 0 Å². The number of carbonyl (C=O) groups is 6. The molecule has 0 bridgehead atoms. The summed E-state index contributed by atoms with van der Waals surface area (Å²) in [5, 5.41) is 21.5. The molecule has 0 saturated carbocycles. The van der Waals surface area contributed by atoms with Gasteiger partial charge in [0.25, 0.3) is 23.6 Å². The van der Waals surface area contributed by atoms with Crippen LogP contribution in [0, 0.1) is 27.7 Å². The Balaban J connectivity index is 0.000000640. The molecule has 18 nitrogen and oxygen atoms in total. The minimum absolute atomic E-state index is 0. The van der Waals surface area contributed by atoms with E-state index < -0.39 is 68.4 Å². The molecule has 1 heterocycles. The van der Waals surface area contributed by atoms with Gasteiger partial charge < -0.3 is 19.4 Å². The zero-order valence-corrected chi connectivity index (χ0v) is 47.7. The fourth-order valence-electron chi connectivity index (χ4n) is 6.88. The molecule has 1 aliphatic heterocycles. The van der Waals surface area contributed by atoms with Crippen molar-refractivity contribution in [3.63, 3.8) is 0 Å². The molecule has 71 heavy (non-hydrogen) atoms. The Morgan fingerprint density at radius 1 is 0.620 bits per heavy atom. The van der Waals surface area contributed by atoms with Gasteiger partial charge in [-0.15, -0.1) is 12.4 Å². The number of carbonyl (C=O) groups excluding carboxylic acids is 6. The number of hydrazine groups is 2. The predicted molar refractivity (Wildman–Crippen MR) is 257 cm³/mol. The van der Waals surface area contributed by atoms with Crippen LogP contribution in [0.4, 0.5) is 0 Å². The van der Waals surface area contributed by atoms with Crippen molar-refractivity contribution in [1.29, 1.82) is 0 Å². The normalized spacial score (nSPS) is 13.5. The summed E-state index contributed by atoms with van der Waals surface area (Å²) < 4.78 is 45.4. The zero-order valence-electron chi connectivity index (χ0n) is 42.8. The summed E-state index contributed by atoms with van der Waals surface area (Å²) >= 11 is -5.69. The van der Waals surface area contributed by atoms with Gasteiger partial charge >= 0.3 is 63.9 Å². The summed E-state index contributed by atoms with van der Waals surface area (Å²) in [6.07, 6.45) is 1.19. The van der Waals surface area contributed by atoms with Crippen LogP contribution in [0.1, 0.15) is 154 Å². The number of halogens is 2. The molecule has 1 fully saturated rings. The minimum atomic E-state index is -5.69. The summed E-state index contributed by atoms with van der Waals surface area (Å²) in [4.78, 5) is 75.4. The van der Waals surface area contributed by atoms with Gasteiger partial charge in [-0.2, -0.15) is 0 Å². The third-order valence-electron chi connectivity index (χ3n) is 10.8. The standard InChI is InChI=1S/C27H35BN2O5.C21H25BN2O5.ClH.HIO4.Na/c1-17-12-18(2)14-21(13-17)24(33)30(25(3,4)5)29-23(32)19-10-11-20(16-31)22(15-19)28-34-26(6,7)27(8,9)35-28;1-13-8-14(2)10-17(9-13)20(27)24(21(3,4)5)23-19(26)15-6-7-16(12-25)18(11-15)22(28)29;;2-1(3,4)5;/h10-16H,1-9H3,(H,29,32);6-12,28-29H,1-5H3,(H,23,26);1H;2H;/q;;;;+1. The quantitative estimate of drug-likeness (QED) is 0.0484. The average molecular weight is 1130 g/mol. The monoisotopic (exact) mass is 1130 g/mol. The molecule has 1 aliphatic rings. The Kier molecular flexibility index (Phi) is 23.5. The van der Waals surface area contributed by atoms with E-state index in [-0.39, 0.29) is 75.9 Å². The second-order valence-corrected chi connectivity index (χ2v) is 21.8. The van der Waals surface area contributed by atoms with Gasteiger partial charge in [-0.25, -0.2) is 10.0 Å². The van der Waals surface area contributed by atoms with E-state index in [1.165, 1.54) is 28.2 Å². The molecule has 0 atom stereocenters. The first-order chi connectivity index (χ1) is 31.5. The first kappa shape index (κ1) is 64.9. The Morgan fingerprint density at radius 3 is 1.25 bits per heavy atom. The van der Waals surface area contributed by atoms with Crippen LogP contribution < -0.4 is 81.7 Å². The maximum absolute atomic E-state index is 13.4. The van der Waals surface area contributed by atoms with E-state index in [4.69, 9.17) is 23.1 Å². The van der Waals surface area contributed by atoms with Crippen molar-refractivity contribution in [2.24, 2.45) is 0 Å². The van der Waals surface area contributed by atoms with Crippen molar-refractivity contribution in [1.82, 2.24) is 20.9 Å². The second-order valence-electron chi connectivity index (χ2n) is 19.5. The smallest absolute Gasteiger partial charge is 0.423 e. The average Bonchev–Trinajstić information content (AvgIpc) is 3.44. The maximum Gasteiger partial charge on any atom is 1.00 e. The number of nitrogens with zero attached hydrogens (tertiary/aromatic N) is 2. The summed E-state index contributed by atoms with van der Waals surface area (Å²) in [6, 6.07) is 19.7. The van der Waals surface area contributed by atoms with E-state index in [0.29, 0.717) is 34.7 Å². The van der Waals surface area contributed by atoms with Crippen LogP contribution in [0.2, 0.25) is 0 Å². The number of amides is 4. The molecular formula is C48H62B2ClIN4NaO14+. The number of aldehydes is 2. The van der Waals surface area contributed by atoms with Crippen molar-refractivity contribution < 1.29 is 112 Å². The SMILES string of the molecule is Cc1cc(C)cc(C(=O)N(NC(=O)c2ccc(C=O)c(B(O)O)c2)C(C)(C)C)c1.Cc1cc(C)cc(C(=O)N(NC(=O)c2ccc(C=O)c(B3OC(C)(C)C(C)(C)O3)c2)C(C)(C)C)c1.Cl.[Na+].[O-][I+3]([O-])([O-])O. The van der Waals surface area contributed by atoms with Crippen LogP contribution in [0.5, 0.6) is 0 Å². The number of hydrogen-bond donors (Lipinski definition) is 5. The zero-order chi connectivity index (χ0) is 52.8. The maximum atomic E-state index is 13.4. The fourth-order valence-corrected chi connectivity index (χ4v) is 6.88. The van der Waals surface area contributed by atoms with Gasteiger partial charge in [0.05, 0.1) is 22.3 Å². The van der Waals surface area contributed by atoms with Crippen LogP contribution in [0.25, 0.3) is 0 Å². The molecule has 5 rings (SSSR count). The Bertz CT molecular complexity index is 2520. The molecule has 4 aromatic carbocycles. The molecule has 0 spiro atoms. The van der Waals surface area contributed by atoms with E-state index >= 15 is 0 Å². The summed E-state index contributed by atoms with van der Waals surface area (Å²) in [7, 11) is -2.71. The minimum Gasteiger partial charge on any atom is -0.423 e. The van der Waals surface area contributed by atoms with Crippen molar-refractivity contribution in [3.05, 3.63) is 128 Å². The largest absolute Gasteiger partial charge is 1.00 e. The first-order valence-electron chi connectivity index (χ1n) is 21.5. The molecule has 1 saturated heterocycles. The van der Waals surface area contributed by atoms with E-state index in [0.717, 1.165) is 22.3 Å². The number of benzene rings is 4. The van der Waals surface area contributed by atoms with Gasteiger partial charge in [-0.1, -0.05) is 46.5 Å². The van der Waals surface area contributed by atoms with Crippen molar-refractivity contribution >= 4 is 73.8 Å². The number of hydrogen-bond acceptors (Lipinski definition) is 14. The molecule has 5 N–H and O–H groups in total. The van der Waals surface area contributed by atoms with Crippen LogP contribution >= 0.6 is 12.4 Å². The topological polar surface area (TPSA) is 281 Å². The van der Waals surface area contributed by atoms with Gasteiger partial charge in [0.15, 0.2) is 0 Å². The van der Waals surface area contributed by atoms with Gasteiger partial charge in [0, 0.05) is 36.8 Å². The van der Waals surface area contributed by atoms with Gasteiger partial charge in [-0.05, 0) is 156 Å². The van der Waals surface area contributed by atoms with Crippen molar-refractivity contribution in [2.75, 3.05) is 0 Å². The molecular weight excluding hydrogens is 1060 g/mol. The van der Waals surface area contributed by atoms with Gasteiger partial charge in [0.1, 0.15) is 12.6 Å². The van der Waals surface area contributed by atoms with Crippen molar-refractivity contribution in [3.8, 4) is 0 Å². The molecule has 0 aliphatic carbocycles. The van der Waals surface area contributed by atoms with Crippen LogP contribution in [0.3, 0.4) is 0 Å². The van der Waals surface area contributed by atoms with E-state index in [2.05, 4.69) is 10.9 Å². The second kappa shape index (κ2) is 25.7. The van der Waals surface area contributed by atoms with Crippen LogP contribution in [-0.2, 0) is 9.31 Å². The Morgan fingerprint density at radius 2 is 0.944 bits per heavy atom. The Hall–Kier alpha value is -4.07. The molecule has 0 unspecified atom stereocenters. The van der Waals surface area contributed by atoms with Crippen molar-refractivity contribution in [2.45, 2.75) is 119 Å². The molecule has 378 valence electrons. The molecule has 4 aromatic rings. The number of rotatable bonds is 8. The third kappa shape index (κ3) is 18.4. The molecule has 4 amide bonds. The van der Waals surface area contributed by atoms with Crippen LogP contribution in [0.15, 0.2) is 72.8 Å². The fraction of sp³-hybridized carbons (Fsp3) is 0.375. The number of aryl methyl sites for hydroxylation is 4. The van der Waals surface area contributed by atoms with E-state index in [9.17, 15) is 38.8 Å². The molecule has 23 heteroatoms. The predicted octanol–water partition coefficient (Wildman–Crippen LogP) is -4.31. The summed E-state index contributed by atoms with van der Waals surface area (Å²) in [5.74, 6) is -1.78. The van der Waals surface area contributed by atoms with Crippen LogP contribution in [-0.4, -0.2) is 96.2 Å². The third-order valence-corrected chi connectivity index (χ3v) is 10.8. The molecule has 0 aromatic heterocycles.